The highest BCUT2D eigenvalue weighted by Crippen LogP contribution is 2.29. The summed E-state index contributed by atoms with van der Waals surface area (Å²) in [5, 5.41) is 5.25. The lowest BCUT2D eigenvalue weighted by atomic mass is 9.95. The van der Waals surface area contributed by atoms with E-state index < -0.39 is 0 Å². The molecule has 0 radical (unpaired) electrons. The number of hydrogen-bond acceptors (Lipinski definition) is 2. The lowest BCUT2D eigenvalue weighted by Gasteiger charge is -2.10. The molecule has 1 aromatic heterocycles. The molecule has 4 rings (SSSR count). The summed E-state index contributed by atoms with van der Waals surface area (Å²) in [4.78, 5) is 15.9. The first-order valence-electron chi connectivity index (χ1n) is 8.74. The molecule has 4 heteroatoms. The lowest BCUT2D eigenvalue weighted by Crippen LogP contribution is -2.17. The summed E-state index contributed by atoms with van der Waals surface area (Å²) in [6.45, 7) is 2.03. The molecular weight excluding hydrogens is 310 g/mol. The summed E-state index contributed by atoms with van der Waals surface area (Å²) in [7, 11) is 0. The Labute approximate surface area is 147 Å². The zero-order chi connectivity index (χ0) is 17.2. The Morgan fingerprint density at radius 2 is 2.04 bits per heavy atom. The van der Waals surface area contributed by atoms with Gasteiger partial charge >= 0.3 is 0 Å². The van der Waals surface area contributed by atoms with Gasteiger partial charge in [-0.05, 0) is 61.9 Å². The second-order valence-corrected chi connectivity index (χ2v) is 6.66. The number of benzene rings is 2. The monoisotopic (exact) mass is 331 g/mol. The number of carbonyl (C=O) groups excluding carboxylic acids is 1. The molecule has 0 unspecified atom stereocenters. The lowest BCUT2D eigenvalue weighted by molar-refractivity contribution is 0.0955. The first-order chi connectivity index (χ1) is 12.2. The van der Waals surface area contributed by atoms with Crippen molar-refractivity contribution in [1.29, 1.82) is 0 Å². The smallest absolute Gasteiger partial charge is 0.271 e. The van der Waals surface area contributed by atoms with Crippen LogP contribution in [-0.4, -0.2) is 17.1 Å². The molecule has 1 aliphatic carbocycles. The van der Waals surface area contributed by atoms with Crippen LogP contribution in [-0.2, 0) is 12.8 Å². The number of H-pyrrole nitrogens is 1. The van der Waals surface area contributed by atoms with Crippen molar-refractivity contribution < 1.29 is 4.79 Å². The van der Waals surface area contributed by atoms with Crippen molar-refractivity contribution in [2.24, 2.45) is 5.10 Å². The molecule has 0 aliphatic heterocycles. The van der Waals surface area contributed by atoms with Gasteiger partial charge in [0.15, 0.2) is 0 Å². The predicted molar refractivity (Wildman–Crippen MR) is 101 cm³/mol. The van der Waals surface area contributed by atoms with E-state index in [-0.39, 0.29) is 5.91 Å². The summed E-state index contributed by atoms with van der Waals surface area (Å²) in [5.41, 5.74) is 9.22. The number of aryl methyl sites for hydroxylation is 3. The van der Waals surface area contributed by atoms with Crippen LogP contribution in [0.15, 0.2) is 47.6 Å². The highest BCUT2D eigenvalue weighted by molar-refractivity contribution is 5.99. The van der Waals surface area contributed by atoms with E-state index in [1.807, 2.05) is 49.4 Å². The maximum absolute atomic E-state index is 12.4. The van der Waals surface area contributed by atoms with Gasteiger partial charge in [-0.3, -0.25) is 4.79 Å². The number of amides is 1. The maximum Gasteiger partial charge on any atom is 0.271 e. The van der Waals surface area contributed by atoms with Crippen molar-refractivity contribution in [3.8, 4) is 0 Å². The van der Waals surface area contributed by atoms with Gasteiger partial charge in [0.1, 0.15) is 0 Å². The van der Waals surface area contributed by atoms with Crippen LogP contribution in [0, 0.1) is 6.92 Å². The molecule has 1 aliphatic rings. The Hall–Kier alpha value is -2.88. The standard InChI is InChI=1S/C21H21N3O/c1-14-5-4-6-15(11-14)13-22-24-21(25)16-9-10-20-18(12-16)17-7-2-3-8-19(17)23-20/h4-6,9-13,23H,2-3,7-8H2,1H3,(H,24,25)/b22-13+. The molecule has 2 N–H and O–H groups in total. The SMILES string of the molecule is Cc1cccc(/C=N/NC(=O)c2ccc3[nH]c4c(c3c2)CCCC4)c1. The van der Waals surface area contributed by atoms with Crippen LogP contribution in [0.3, 0.4) is 0 Å². The second-order valence-electron chi connectivity index (χ2n) is 6.66. The number of aromatic amines is 1. The number of nitrogens with one attached hydrogen (secondary N) is 2. The third-order valence-electron chi connectivity index (χ3n) is 4.78. The van der Waals surface area contributed by atoms with Crippen LogP contribution in [0.2, 0.25) is 0 Å². The zero-order valence-corrected chi connectivity index (χ0v) is 14.3. The van der Waals surface area contributed by atoms with E-state index in [0.29, 0.717) is 5.56 Å². The minimum atomic E-state index is -0.184. The van der Waals surface area contributed by atoms with Gasteiger partial charge in [-0.2, -0.15) is 5.10 Å². The Kier molecular flexibility index (Phi) is 4.10. The molecule has 25 heavy (non-hydrogen) atoms. The topological polar surface area (TPSA) is 57.2 Å². The number of fused-ring (bicyclic) bond motifs is 3. The van der Waals surface area contributed by atoms with E-state index in [9.17, 15) is 4.79 Å². The van der Waals surface area contributed by atoms with Gasteiger partial charge in [-0.25, -0.2) is 5.43 Å². The number of hydrogen-bond donors (Lipinski definition) is 2. The quantitative estimate of drug-likeness (QED) is 0.550. The van der Waals surface area contributed by atoms with Gasteiger partial charge in [0.2, 0.25) is 0 Å². The van der Waals surface area contributed by atoms with Crippen molar-refractivity contribution in [2.75, 3.05) is 0 Å². The average molecular weight is 331 g/mol. The van der Waals surface area contributed by atoms with Gasteiger partial charge in [0, 0.05) is 22.2 Å². The number of aromatic nitrogens is 1. The molecule has 2 aromatic carbocycles. The first kappa shape index (κ1) is 15.6. The molecule has 1 amide bonds. The largest absolute Gasteiger partial charge is 0.358 e. The molecule has 0 fully saturated rings. The minimum absolute atomic E-state index is 0.184. The van der Waals surface area contributed by atoms with Crippen molar-refractivity contribution in [1.82, 2.24) is 10.4 Å². The molecule has 0 bridgehead atoms. The van der Waals surface area contributed by atoms with Crippen LogP contribution >= 0.6 is 0 Å². The van der Waals surface area contributed by atoms with Gasteiger partial charge in [-0.15, -0.1) is 0 Å². The molecule has 0 atom stereocenters. The van der Waals surface area contributed by atoms with Crippen LogP contribution < -0.4 is 5.43 Å². The molecular formula is C21H21N3O. The third-order valence-corrected chi connectivity index (χ3v) is 4.78. The predicted octanol–water partition coefficient (Wildman–Crippen LogP) is 4.12. The Bertz CT molecular complexity index is 968. The Morgan fingerprint density at radius 3 is 2.92 bits per heavy atom. The fourth-order valence-corrected chi connectivity index (χ4v) is 3.53. The molecule has 126 valence electrons. The Morgan fingerprint density at radius 1 is 1.16 bits per heavy atom. The number of carbonyl (C=O) groups is 1. The van der Waals surface area contributed by atoms with Crippen LogP contribution in [0.1, 0.15) is 45.6 Å². The van der Waals surface area contributed by atoms with E-state index in [1.54, 1.807) is 6.21 Å². The minimum Gasteiger partial charge on any atom is -0.358 e. The highest BCUT2D eigenvalue weighted by atomic mass is 16.2. The Balaban J connectivity index is 1.53. The summed E-state index contributed by atoms with van der Waals surface area (Å²) < 4.78 is 0. The molecule has 4 nitrogen and oxygen atoms in total. The summed E-state index contributed by atoms with van der Waals surface area (Å²) in [6, 6.07) is 13.8. The maximum atomic E-state index is 12.4. The van der Waals surface area contributed by atoms with E-state index in [1.165, 1.54) is 29.5 Å². The highest BCUT2D eigenvalue weighted by Gasteiger charge is 2.16. The van der Waals surface area contributed by atoms with Gasteiger partial charge in [-0.1, -0.05) is 29.8 Å². The zero-order valence-electron chi connectivity index (χ0n) is 14.3. The fourth-order valence-electron chi connectivity index (χ4n) is 3.53. The fraction of sp³-hybridized carbons (Fsp3) is 0.238. The van der Waals surface area contributed by atoms with Crippen molar-refractivity contribution in [3.63, 3.8) is 0 Å². The third kappa shape index (κ3) is 3.20. The van der Waals surface area contributed by atoms with E-state index in [2.05, 4.69) is 15.5 Å². The summed E-state index contributed by atoms with van der Waals surface area (Å²) in [5.74, 6) is -0.184. The number of hydrazone groups is 1. The average Bonchev–Trinajstić information content (AvgIpc) is 2.99. The number of rotatable bonds is 3. The van der Waals surface area contributed by atoms with Crippen LogP contribution in [0.4, 0.5) is 0 Å². The van der Waals surface area contributed by atoms with Gasteiger partial charge < -0.3 is 4.98 Å². The van der Waals surface area contributed by atoms with E-state index in [4.69, 9.17) is 0 Å². The molecule has 0 spiro atoms. The van der Waals surface area contributed by atoms with Crippen LogP contribution in [0.25, 0.3) is 10.9 Å². The molecule has 0 saturated heterocycles. The van der Waals surface area contributed by atoms with Gasteiger partial charge in [0.05, 0.1) is 6.21 Å². The second kappa shape index (κ2) is 6.55. The number of nitrogens with zero attached hydrogens (tertiary/aromatic N) is 1. The van der Waals surface area contributed by atoms with Crippen molar-refractivity contribution >= 4 is 23.0 Å². The van der Waals surface area contributed by atoms with E-state index in [0.717, 1.165) is 29.5 Å². The normalized spacial score (nSPS) is 14.0. The van der Waals surface area contributed by atoms with Crippen molar-refractivity contribution in [2.45, 2.75) is 32.6 Å². The van der Waals surface area contributed by atoms with Crippen LogP contribution in [0.5, 0.6) is 0 Å². The summed E-state index contributed by atoms with van der Waals surface area (Å²) >= 11 is 0. The van der Waals surface area contributed by atoms with Crippen molar-refractivity contribution in [3.05, 3.63) is 70.4 Å². The molecule has 1 heterocycles. The first-order valence-corrected chi connectivity index (χ1v) is 8.74. The summed E-state index contributed by atoms with van der Waals surface area (Å²) in [6.07, 6.45) is 6.32. The molecule has 0 saturated carbocycles. The van der Waals surface area contributed by atoms with Gasteiger partial charge in [0.25, 0.3) is 5.91 Å². The molecule has 3 aromatic rings. The van der Waals surface area contributed by atoms with E-state index >= 15 is 0 Å².